The molecule has 0 aliphatic heterocycles. The summed E-state index contributed by atoms with van der Waals surface area (Å²) in [5, 5.41) is 11.7. The molecule has 0 N–H and O–H groups in total. The first kappa shape index (κ1) is 20.7. The molecule has 0 saturated heterocycles. The summed E-state index contributed by atoms with van der Waals surface area (Å²) < 4.78 is 6.64. The average molecular weight is 427 g/mol. The number of fused-ring (bicyclic) bond motifs is 1. The first-order valence-electron chi connectivity index (χ1n) is 9.66. The largest absolute Gasteiger partial charge is 0.426 e. The standard InChI is InChI=1S/C24H17N3O5/c1-16(28)32-22-13-12-19(27(30)31)15-17(22)11-14-23-25-21-10-6-5-9-20(21)24(29)26(23)18-7-3-2-4-8-18/h2-15H,1H3/b14-11+. The fourth-order valence-electron chi connectivity index (χ4n) is 3.28. The lowest BCUT2D eigenvalue weighted by molar-refractivity contribution is -0.384. The molecule has 8 heteroatoms. The van der Waals surface area contributed by atoms with Crippen molar-refractivity contribution in [2.45, 2.75) is 6.92 Å². The van der Waals surface area contributed by atoms with Crippen LogP contribution < -0.4 is 10.3 Å². The summed E-state index contributed by atoms with van der Waals surface area (Å²) in [6, 6.07) is 19.9. The predicted molar refractivity (Wildman–Crippen MR) is 121 cm³/mol. The van der Waals surface area contributed by atoms with E-state index in [0.29, 0.717) is 28.0 Å². The molecule has 0 aliphatic carbocycles. The van der Waals surface area contributed by atoms with Crippen LogP contribution in [0.1, 0.15) is 18.3 Å². The minimum absolute atomic E-state index is 0.160. The molecule has 0 radical (unpaired) electrons. The normalized spacial score (nSPS) is 11.0. The topological polar surface area (TPSA) is 104 Å². The number of non-ortho nitro benzene ring substituents is 1. The van der Waals surface area contributed by atoms with E-state index < -0.39 is 10.9 Å². The van der Waals surface area contributed by atoms with Gasteiger partial charge in [0, 0.05) is 24.6 Å². The van der Waals surface area contributed by atoms with Gasteiger partial charge in [0.05, 0.1) is 21.5 Å². The van der Waals surface area contributed by atoms with Crippen molar-refractivity contribution in [1.82, 2.24) is 9.55 Å². The second-order valence-corrected chi connectivity index (χ2v) is 6.87. The lowest BCUT2D eigenvalue weighted by atomic mass is 10.1. The second-order valence-electron chi connectivity index (χ2n) is 6.87. The van der Waals surface area contributed by atoms with Crippen LogP contribution in [0, 0.1) is 10.1 Å². The first-order chi connectivity index (χ1) is 15.4. The van der Waals surface area contributed by atoms with Crippen molar-refractivity contribution in [2.24, 2.45) is 0 Å². The molecule has 4 rings (SSSR count). The van der Waals surface area contributed by atoms with Crippen LogP contribution in [0.2, 0.25) is 0 Å². The van der Waals surface area contributed by atoms with Gasteiger partial charge in [-0.05, 0) is 42.5 Å². The Kier molecular flexibility index (Phi) is 5.59. The molecule has 0 fully saturated rings. The number of para-hydroxylation sites is 2. The molecule has 4 aromatic rings. The molecule has 0 bridgehead atoms. The van der Waals surface area contributed by atoms with Crippen LogP contribution >= 0.6 is 0 Å². The Morgan fingerprint density at radius 3 is 2.47 bits per heavy atom. The average Bonchev–Trinajstić information content (AvgIpc) is 2.78. The van der Waals surface area contributed by atoms with E-state index in [4.69, 9.17) is 4.74 Å². The first-order valence-corrected chi connectivity index (χ1v) is 9.66. The van der Waals surface area contributed by atoms with Gasteiger partial charge in [0.2, 0.25) is 0 Å². The number of nitrogens with zero attached hydrogens (tertiary/aromatic N) is 3. The van der Waals surface area contributed by atoms with Gasteiger partial charge in [0.25, 0.3) is 11.2 Å². The molecule has 3 aromatic carbocycles. The smallest absolute Gasteiger partial charge is 0.308 e. The van der Waals surface area contributed by atoms with Gasteiger partial charge in [0.1, 0.15) is 11.6 Å². The maximum absolute atomic E-state index is 13.2. The molecule has 0 amide bonds. The highest BCUT2D eigenvalue weighted by atomic mass is 16.6. The number of benzene rings is 3. The summed E-state index contributed by atoms with van der Waals surface area (Å²) >= 11 is 0. The molecule has 0 aliphatic rings. The van der Waals surface area contributed by atoms with Gasteiger partial charge in [-0.2, -0.15) is 0 Å². The molecule has 0 saturated carbocycles. The third kappa shape index (κ3) is 4.15. The Labute approximate surface area is 182 Å². The van der Waals surface area contributed by atoms with Crippen LogP contribution in [0.5, 0.6) is 5.75 Å². The van der Waals surface area contributed by atoms with Gasteiger partial charge < -0.3 is 4.74 Å². The van der Waals surface area contributed by atoms with E-state index in [1.54, 1.807) is 42.5 Å². The number of carbonyl (C=O) groups excluding carboxylic acids is 1. The highest BCUT2D eigenvalue weighted by Gasteiger charge is 2.14. The van der Waals surface area contributed by atoms with Crippen LogP contribution in [-0.2, 0) is 4.79 Å². The predicted octanol–water partition coefficient (Wildman–Crippen LogP) is 4.39. The summed E-state index contributed by atoms with van der Waals surface area (Å²) in [6.45, 7) is 1.24. The monoisotopic (exact) mass is 427 g/mol. The van der Waals surface area contributed by atoms with E-state index in [1.807, 2.05) is 18.2 Å². The van der Waals surface area contributed by atoms with Crippen molar-refractivity contribution in [2.75, 3.05) is 0 Å². The van der Waals surface area contributed by atoms with Crippen molar-refractivity contribution in [3.8, 4) is 11.4 Å². The molecule has 158 valence electrons. The summed E-state index contributed by atoms with van der Waals surface area (Å²) in [6.07, 6.45) is 3.09. The Morgan fingerprint density at radius 1 is 1.03 bits per heavy atom. The Balaban J connectivity index is 1.91. The van der Waals surface area contributed by atoms with Crippen molar-refractivity contribution < 1.29 is 14.5 Å². The number of carbonyl (C=O) groups is 1. The van der Waals surface area contributed by atoms with Crippen molar-refractivity contribution in [3.05, 3.63) is 105 Å². The van der Waals surface area contributed by atoms with E-state index in [2.05, 4.69) is 4.98 Å². The number of nitro benzene ring substituents is 1. The van der Waals surface area contributed by atoms with Gasteiger partial charge in [-0.3, -0.25) is 24.3 Å². The number of hydrogen-bond acceptors (Lipinski definition) is 6. The fourth-order valence-corrected chi connectivity index (χ4v) is 3.28. The van der Waals surface area contributed by atoms with E-state index in [-0.39, 0.29) is 17.0 Å². The molecule has 8 nitrogen and oxygen atoms in total. The minimum Gasteiger partial charge on any atom is -0.426 e. The SMILES string of the molecule is CC(=O)Oc1ccc([N+](=O)[O-])cc1/C=C/c1nc2ccccc2c(=O)n1-c1ccccc1. The van der Waals surface area contributed by atoms with Gasteiger partial charge in [-0.15, -0.1) is 0 Å². The third-order valence-electron chi connectivity index (χ3n) is 4.69. The Morgan fingerprint density at radius 2 is 1.75 bits per heavy atom. The van der Waals surface area contributed by atoms with E-state index in [0.717, 1.165) is 0 Å². The molecular weight excluding hydrogens is 410 g/mol. The molecule has 1 heterocycles. The molecule has 32 heavy (non-hydrogen) atoms. The van der Waals surface area contributed by atoms with E-state index in [1.165, 1.54) is 35.8 Å². The number of nitro groups is 1. The summed E-state index contributed by atoms with van der Waals surface area (Å²) in [7, 11) is 0. The number of hydrogen-bond donors (Lipinski definition) is 0. The van der Waals surface area contributed by atoms with Crippen LogP contribution in [0.3, 0.4) is 0 Å². The molecule has 0 atom stereocenters. The fraction of sp³-hybridized carbons (Fsp3) is 0.0417. The van der Waals surface area contributed by atoms with Gasteiger partial charge in [0.15, 0.2) is 0 Å². The molecule has 0 spiro atoms. The maximum Gasteiger partial charge on any atom is 0.308 e. The van der Waals surface area contributed by atoms with Crippen molar-refractivity contribution in [3.63, 3.8) is 0 Å². The minimum atomic E-state index is -0.557. The Bertz CT molecular complexity index is 1430. The van der Waals surface area contributed by atoms with Crippen LogP contribution in [-0.4, -0.2) is 20.4 Å². The van der Waals surface area contributed by atoms with Crippen LogP contribution in [0.4, 0.5) is 5.69 Å². The summed E-state index contributed by atoms with van der Waals surface area (Å²) in [4.78, 5) is 40.0. The van der Waals surface area contributed by atoms with Crippen LogP contribution in [0.15, 0.2) is 77.6 Å². The molecule has 1 aromatic heterocycles. The van der Waals surface area contributed by atoms with E-state index in [9.17, 15) is 19.7 Å². The highest BCUT2D eigenvalue weighted by molar-refractivity contribution is 5.81. The van der Waals surface area contributed by atoms with Crippen LogP contribution in [0.25, 0.3) is 28.7 Å². The lowest BCUT2D eigenvalue weighted by Gasteiger charge is -2.11. The maximum atomic E-state index is 13.2. The lowest BCUT2D eigenvalue weighted by Crippen LogP contribution is -2.22. The highest BCUT2D eigenvalue weighted by Crippen LogP contribution is 2.26. The van der Waals surface area contributed by atoms with Crippen molar-refractivity contribution >= 4 is 34.7 Å². The quantitative estimate of drug-likeness (QED) is 0.202. The summed E-state index contributed by atoms with van der Waals surface area (Å²) in [5.41, 5.74) is 1.03. The van der Waals surface area contributed by atoms with Crippen molar-refractivity contribution in [1.29, 1.82) is 0 Å². The zero-order chi connectivity index (χ0) is 22.7. The number of esters is 1. The van der Waals surface area contributed by atoms with Gasteiger partial charge in [-0.1, -0.05) is 30.3 Å². The van der Waals surface area contributed by atoms with Gasteiger partial charge in [-0.25, -0.2) is 4.98 Å². The van der Waals surface area contributed by atoms with E-state index >= 15 is 0 Å². The zero-order valence-electron chi connectivity index (χ0n) is 17.0. The third-order valence-corrected chi connectivity index (χ3v) is 4.69. The second kappa shape index (κ2) is 8.65. The van der Waals surface area contributed by atoms with Gasteiger partial charge >= 0.3 is 5.97 Å². The number of ether oxygens (including phenoxy) is 1. The zero-order valence-corrected chi connectivity index (χ0v) is 17.0. The summed E-state index contributed by atoms with van der Waals surface area (Å²) in [5.74, 6) is -0.0764. The molecular formula is C24H17N3O5. The number of aromatic nitrogens is 2. The Hall–Kier alpha value is -4.59. The number of rotatable bonds is 5. The molecule has 0 unspecified atom stereocenters.